The number of nitrogens with zero attached hydrogens (tertiary/aromatic N) is 1. The van der Waals surface area contributed by atoms with Gasteiger partial charge in [-0.3, -0.25) is 9.36 Å². The van der Waals surface area contributed by atoms with E-state index in [0.29, 0.717) is 11.6 Å². The maximum Gasteiger partial charge on any atom is 0.228 e. The van der Waals surface area contributed by atoms with E-state index in [0.717, 1.165) is 34.3 Å². The lowest BCUT2D eigenvalue weighted by molar-refractivity contribution is 0.0943. The Kier molecular flexibility index (Phi) is 2.98. The van der Waals surface area contributed by atoms with E-state index >= 15 is 0 Å². The molecule has 0 spiro atoms. The van der Waals surface area contributed by atoms with Crippen LogP contribution in [0.4, 0.5) is 0 Å². The SMILES string of the molecule is CC(=O)n1c(-c2ccc(Cl)cc2)c2c3c(cccc31)OCC2. The fourth-order valence-corrected chi connectivity index (χ4v) is 3.37. The summed E-state index contributed by atoms with van der Waals surface area (Å²) in [5.74, 6) is 0.856. The Morgan fingerprint density at radius 2 is 1.95 bits per heavy atom. The minimum Gasteiger partial charge on any atom is -0.493 e. The summed E-state index contributed by atoms with van der Waals surface area (Å²) >= 11 is 6.00. The molecule has 0 aliphatic carbocycles. The van der Waals surface area contributed by atoms with Crippen LogP contribution in [-0.2, 0) is 6.42 Å². The average molecular weight is 312 g/mol. The van der Waals surface area contributed by atoms with Gasteiger partial charge in [-0.2, -0.15) is 0 Å². The molecule has 110 valence electrons. The van der Waals surface area contributed by atoms with Gasteiger partial charge in [0.05, 0.1) is 17.8 Å². The first-order valence-electron chi connectivity index (χ1n) is 7.23. The average Bonchev–Trinajstić information content (AvgIpc) is 2.85. The smallest absolute Gasteiger partial charge is 0.228 e. The number of halogens is 1. The molecule has 0 atom stereocenters. The summed E-state index contributed by atoms with van der Waals surface area (Å²) in [6.45, 7) is 2.22. The summed E-state index contributed by atoms with van der Waals surface area (Å²) in [6.07, 6.45) is 0.797. The highest BCUT2D eigenvalue weighted by Gasteiger charge is 2.25. The van der Waals surface area contributed by atoms with Crippen molar-refractivity contribution in [3.05, 3.63) is 53.1 Å². The number of rotatable bonds is 1. The van der Waals surface area contributed by atoms with E-state index < -0.39 is 0 Å². The van der Waals surface area contributed by atoms with Gasteiger partial charge in [0.15, 0.2) is 0 Å². The molecule has 1 aromatic heterocycles. The number of carbonyl (C=O) groups excluding carboxylic acids is 1. The zero-order valence-electron chi connectivity index (χ0n) is 12.1. The molecule has 1 aliphatic heterocycles. The van der Waals surface area contributed by atoms with Gasteiger partial charge in [-0.05, 0) is 35.4 Å². The predicted molar refractivity (Wildman–Crippen MR) is 87.9 cm³/mol. The molecule has 3 aromatic rings. The van der Waals surface area contributed by atoms with Crippen LogP contribution in [0.15, 0.2) is 42.5 Å². The third kappa shape index (κ3) is 1.86. The number of ether oxygens (including phenoxy) is 1. The maximum atomic E-state index is 12.3. The van der Waals surface area contributed by atoms with Crippen LogP contribution in [0.25, 0.3) is 22.2 Å². The van der Waals surface area contributed by atoms with Crippen LogP contribution in [0.1, 0.15) is 17.3 Å². The molecule has 0 N–H and O–H groups in total. The lowest BCUT2D eigenvalue weighted by Crippen LogP contribution is -2.09. The highest BCUT2D eigenvalue weighted by atomic mass is 35.5. The lowest BCUT2D eigenvalue weighted by Gasteiger charge is -2.15. The minimum absolute atomic E-state index is 0.000231. The first kappa shape index (κ1) is 13.4. The quantitative estimate of drug-likeness (QED) is 0.660. The van der Waals surface area contributed by atoms with Crippen LogP contribution in [0.2, 0.25) is 5.02 Å². The highest BCUT2D eigenvalue weighted by molar-refractivity contribution is 6.30. The molecule has 22 heavy (non-hydrogen) atoms. The minimum atomic E-state index is 0.000231. The zero-order chi connectivity index (χ0) is 15.3. The molecule has 2 heterocycles. The Balaban J connectivity index is 2.13. The molecule has 4 rings (SSSR count). The van der Waals surface area contributed by atoms with Gasteiger partial charge >= 0.3 is 0 Å². The summed E-state index contributed by atoms with van der Waals surface area (Å²) in [5, 5.41) is 1.74. The lowest BCUT2D eigenvalue weighted by atomic mass is 10.0. The normalized spacial score (nSPS) is 13.2. The van der Waals surface area contributed by atoms with Crippen LogP contribution in [-0.4, -0.2) is 17.1 Å². The zero-order valence-corrected chi connectivity index (χ0v) is 12.9. The van der Waals surface area contributed by atoms with Crippen LogP contribution < -0.4 is 4.74 Å². The fraction of sp³-hybridized carbons (Fsp3) is 0.167. The topological polar surface area (TPSA) is 31.2 Å². The number of hydrogen-bond donors (Lipinski definition) is 0. The first-order chi connectivity index (χ1) is 10.7. The van der Waals surface area contributed by atoms with E-state index in [1.165, 1.54) is 5.56 Å². The number of aromatic nitrogens is 1. The molecule has 0 saturated heterocycles. The molecule has 0 bridgehead atoms. The Bertz CT molecular complexity index is 894. The summed E-state index contributed by atoms with van der Waals surface area (Å²) < 4.78 is 7.54. The van der Waals surface area contributed by atoms with Gasteiger partial charge in [-0.15, -0.1) is 0 Å². The van der Waals surface area contributed by atoms with Crippen molar-refractivity contribution in [1.29, 1.82) is 0 Å². The number of carbonyl (C=O) groups is 1. The number of hydrogen-bond acceptors (Lipinski definition) is 2. The molecule has 3 nitrogen and oxygen atoms in total. The van der Waals surface area contributed by atoms with E-state index in [-0.39, 0.29) is 5.91 Å². The summed E-state index contributed by atoms with van der Waals surface area (Å²) in [5.41, 5.74) is 4.03. The van der Waals surface area contributed by atoms with Crippen molar-refractivity contribution in [3.63, 3.8) is 0 Å². The third-order valence-electron chi connectivity index (χ3n) is 4.10. The van der Waals surface area contributed by atoms with Crippen molar-refractivity contribution >= 4 is 28.4 Å². The molecule has 0 saturated carbocycles. The van der Waals surface area contributed by atoms with Crippen molar-refractivity contribution in [2.24, 2.45) is 0 Å². The van der Waals surface area contributed by atoms with Crippen LogP contribution in [0.3, 0.4) is 0 Å². The summed E-state index contributed by atoms with van der Waals surface area (Å²) in [7, 11) is 0. The van der Waals surface area contributed by atoms with Crippen molar-refractivity contribution in [3.8, 4) is 17.0 Å². The van der Waals surface area contributed by atoms with Gasteiger partial charge < -0.3 is 4.74 Å². The van der Waals surface area contributed by atoms with E-state index in [2.05, 4.69) is 0 Å². The second kappa shape index (κ2) is 4.89. The van der Waals surface area contributed by atoms with Gasteiger partial charge in [0.1, 0.15) is 5.75 Å². The molecule has 0 radical (unpaired) electrons. The highest BCUT2D eigenvalue weighted by Crippen LogP contribution is 2.41. The molecule has 0 unspecified atom stereocenters. The van der Waals surface area contributed by atoms with Crippen LogP contribution >= 0.6 is 11.6 Å². The van der Waals surface area contributed by atoms with Crippen molar-refractivity contribution < 1.29 is 9.53 Å². The van der Waals surface area contributed by atoms with Crippen LogP contribution in [0.5, 0.6) is 5.75 Å². The number of benzene rings is 2. The Hall–Kier alpha value is -2.26. The first-order valence-corrected chi connectivity index (χ1v) is 7.60. The molecule has 4 heteroatoms. The van der Waals surface area contributed by atoms with Gasteiger partial charge in [-0.1, -0.05) is 29.8 Å². The van der Waals surface area contributed by atoms with Gasteiger partial charge in [0.2, 0.25) is 5.91 Å². The fourth-order valence-electron chi connectivity index (χ4n) is 3.25. The molecule has 0 amide bonds. The van der Waals surface area contributed by atoms with Crippen LogP contribution in [0, 0.1) is 0 Å². The monoisotopic (exact) mass is 311 g/mol. The Morgan fingerprint density at radius 3 is 2.68 bits per heavy atom. The molecular weight excluding hydrogens is 298 g/mol. The van der Waals surface area contributed by atoms with E-state index in [9.17, 15) is 4.79 Å². The maximum absolute atomic E-state index is 12.3. The van der Waals surface area contributed by atoms with Gasteiger partial charge in [0.25, 0.3) is 0 Å². The molecular formula is C18H14ClNO2. The van der Waals surface area contributed by atoms with E-state index in [4.69, 9.17) is 16.3 Å². The van der Waals surface area contributed by atoms with Crippen molar-refractivity contribution in [2.75, 3.05) is 6.61 Å². The second-order valence-electron chi connectivity index (χ2n) is 5.44. The van der Waals surface area contributed by atoms with Crippen molar-refractivity contribution in [1.82, 2.24) is 4.57 Å². The largest absolute Gasteiger partial charge is 0.493 e. The van der Waals surface area contributed by atoms with E-state index in [1.54, 1.807) is 11.5 Å². The predicted octanol–water partition coefficient (Wildman–Crippen LogP) is 4.56. The summed E-state index contributed by atoms with van der Waals surface area (Å²) in [4.78, 5) is 12.3. The second-order valence-corrected chi connectivity index (χ2v) is 5.87. The van der Waals surface area contributed by atoms with E-state index in [1.807, 2.05) is 42.5 Å². The van der Waals surface area contributed by atoms with Gasteiger partial charge in [0, 0.05) is 23.8 Å². The standard InChI is InChI=1S/C18H14ClNO2/c1-11(21)20-15-3-2-4-16-17(15)14(9-10-22-16)18(20)12-5-7-13(19)8-6-12/h2-8H,9-10H2,1H3. The summed E-state index contributed by atoms with van der Waals surface area (Å²) in [6, 6.07) is 13.5. The molecule has 2 aromatic carbocycles. The van der Waals surface area contributed by atoms with Crippen molar-refractivity contribution in [2.45, 2.75) is 13.3 Å². The Morgan fingerprint density at radius 1 is 1.18 bits per heavy atom. The van der Waals surface area contributed by atoms with Gasteiger partial charge in [-0.25, -0.2) is 0 Å². The molecule has 0 fully saturated rings. The Labute approximate surface area is 133 Å². The third-order valence-corrected chi connectivity index (χ3v) is 4.35. The molecule has 1 aliphatic rings.